The van der Waals surface area contributed by atoms with Gasteiger partial charge in [0.05, 0.1) is 6.54 Å². The van der Waals surface area contributed by atoms with Gasteiger partial charge in [0.2, 0.25) is 0 Å². The molecule has 4 rings (SSSR count). The third kappa shape index (κ3) is 2.79. The molecule has 0 bridgehead atoms. The van der Waals surface area contributed by atoms with Crippen molar-refractivity contribution in [1.29, 1.82) is 0 Å². The highest BCUT2D eigenvalue weighted by Gasteiger charge is 2.36. The van der Waals surface area contributed by atoms with Crippen LogP contribution in [0, 0.1) is 11.8 Å². The summed E-state index contributed by atoms with van der Waals surface area (Å²) in [5.74, 6) is 4.68. The standard InChI is InChI=1S/C17H26N2O/c1-12-8-16(12)17-5-4-15(20-17)10-18-9-13-6-7-19(11-13)14-2-3-14/h4-5,12-14,16,18H,2-3,6-11H2,1H3. The smallest absolute Gasteiger partial charge is 0.117 e. The monoisotopic (exact) mass is 274 g/mol. The van der Waals surface area contributed by atoms with Gasteiger partial charge in [0.15, 0.2) is 0 Å². The number of rotatable bonds is 6. The van der Waals surface area contributed by atoms with Gasteiger partial charge in [-0.15, -0.1) is 0 Å². The van der Waals surface area contributed by atoms with Gasteiger partial charge < -0.3 is 14.6 Å². The van der Waals surface area contributed by atoms with Crippen molar-refractivity contribution >= 4 is 0 Å². The molecule has 2 saturated carbocycles. The molecule has 3 heteroatoms. The van der Waals surface area contributed by atoms with E-state index in [1.54, 1.807) is 0 Å². The summed E-state index contributed by atoms with van der Waals surface area (Å²) in [6.07, 6.45) is 5.55. The third-order valence-corrected chi connectivity index (χ3v) is 5.27. The van der Waals surface area contributed by atoms with E-state index in [9.17, 15) is 0 Å². The average molecular weight is 274 g/mol. The van der Waals surface area contributed by atoms with Gasteiger partial charge in [0.25, 0.3) is 0 Å². The zero-order valence-electron chi connectivity index (χ0n) is 12.5. The molecule has 0 amide bonds. The lowest BCUT2D eigenvalue weighted by atomic mass is 10.1. The van der Waals surface area contributed by atoms with Crippen molar-refractivity contribution in [2.75, 3.05) is 19.6 Å². The van der Waals surface area contributed by atoms with Crippen LogP contribution in [0.5, 0.6) is 0 Å². The maximum absolute atomic E-state index is 5.94. The van der Waals surface area contributed by atoms with Crippen molar-refractivity contribution in [1.82, 2.24) is 10.2 Å². The first-order chi connectivity index (χ1) is 9.79. The third-order valence-electron chi connectivity index (χ3n) is 5.27. The van der Waals surface area contributed by atoms with Crippen molar-refractivity contribution in [3.8, 4) is 0 Å². The molecule has 3 aliphatic rings. The fourth-order valence-electron chi connectivity index (χ4n) is 3.61. The summed E-state index contributed by atoms with van der Waals surface area (Å²) in [5, 5.41) is 3.59. The Morgan fingerprint density at radius 2 is 2.15 bits per heavy atom. The van der Waals surface area contributed by atoms with E-state index < -0.39 is 0 Å². The topological polar surface area (TPSA) is 28.4 Å². The van der Waals surface area contributed by atoms with Gasteiger partial charge in [-0.05, 0) is 62.7 Å². The molecule has 2 aliphatic carbocycles. The minimum absolute atomic E-state index is 0.700. The molecule has 20 heavy (non-hydrogen) atoms. The summed E-state index contributed by atoms with van der Waals surface area (Å²) in [7, 11) is 0. The Kier molecular flexibility index (Phi) is 3.35. The number of nitrogens with zero attached hydrogens (tertiary/aromatic N) is 1. The molecule has 3 fully saturated rings. The maximum atomic E-state index is 5.94. The van der Waals surface area contributed by atoms with Gasteiger partial charge in [0.1, 0.15) is 11.5 Å². The van der Waals surface area contributed by atoms with Gasteiger partial charge in [0, 0.05) is 18.5 Å². The lowest BCUT2D eigenvalue weighted by Crippen LogP contribution is -2.27. The summed E-state index contributed by atoms with van der Waals surface area (Å²) in [6.45, 7) is 6.96. The normalized spacial score (nSPS) is 33.8. The molecule has 1 saturated heterocycles. The van der Waals surface area contributed by atoms with E-state index in [0.717, 1.165) is 36.7 Å². The van der Waals surface area contributed by atoms with E-state index in [2.05, 4.69) is 29.3 Å². The lowest BCUT2D eigenvalue weighted by Gasteiger charge is -2.14. The van der Waals surface area contributed by atoms with Crippen molar-refractivity contribution in [2.45, 2.75) is 51.1 Å². The van der Waals surface area contributed by atoms with Crippen molar-refractivity contribution in [3.05, 3.63) is 23.7 Å². The first kappa shape index (κ1) is 12.9. The Bertz CT molecular complexity index is 465. The Balaban J connectivity index is 1.20. The van der Waals surface area contributed by atoms with Crippen LogP contribution in [-0.2, 0) is 6.54 Å². The quantitative estimate of drug-likeness (QED) is 0.864. The fraction of sp³-hybridized carbons (Fsp3) is 0.765. The summed E-state index contributed by atoms with van der Waals surface area (Å²) >= 11 is 0. The van der Waals surface area contributed by atoms with Crippen LogP contribution in [-0.4, -0.2) is 30.6 Å². The van der Waals surface area contributed by atoms with E-state index in [1.165, 1.54) is 44.5 Å². The van der Waals surface area contributed by atoms with Gasteiger partial charge >= 0.3 is 0 Å². The van der Waals surface area contributed by atoms with Gasteiger partial charge in [-0.25, -0.2) is 0 Å². The van der Waals surface area contributed by atoms with Gasteiger partial charge in [-0.3, -0.25) is 0 Å². The fourth-order valence-corrected chi connectivity index (χ4v) is 3.61. The molecular formula is C17H26N2O. The molecule has 3 atom stereocenters. The molecule has 3 nitrogen and oxygen atoms in total. The van der Waals surface area contributed by atoms with Crippen LogP contribution in [0.4, 0.5) is 0 Å². The number of hydrogen-bond donors (Lipinski definition) is 1. The van der Waals surface area contributed by atoms with E-state index in [1.807, 2.05) is 0 Å². The van der Waals surface area contributed by atoms with Crippen LogP contribution >= 0.6 is 0 Å². The molecule has 1 N–H and O–H groups in total. The van der Waals surface area contributed by atoms with E-state index in [4.69, 9.17) is 4.42 Å². The predicted molar refractivity (Wildman–Crippen MR) is 79.6 cm³/mol. The van der Waals surface area contributed by atoms with Gasteiger partial charge in [-0.2, -0.15) is 0 Å². The van der Waals surface area contributed by atoms with Crippen molar-refractivity contribution < 1.29 is 4.42 Å². The zero-order valence-corrected chi connectivity index (χ0v) is 12.5. The first-order valence-corrected chi connectivity index (χ1v) is 8.33. The second-order valence-electron chi connectivity index (χ2n) is 7.14. The Labute approximate surface area is 121 Å². The van der Waals surface area contributed by atoms with E-state index >= 15 is 0 Å². The molecule has 0 aromatic carbocycles. The Morgan fingerprint density at radius 1 is 1.30 bits per heavy atom. The average Bonchev–Trinajstić information content (AvgIpc) is 3.32. The number of nitrogens with one attached hydrogen (secondary N) is 1. The molecule has 1 aromatic rings. The van der Waals surface area contributed by atoms with E-state index in [0.29, 0.717) is 5.92 Å². The minimum atomic E-state index is 0.700. The minimum Gasteiger partial charge on any atom is -0.464 e. The van der Waals surface area contributed by atoms with Crippen molar-refractivity contribution in [2.24, 2.45) is 11.8 Å². The number of furan rings is 1. The molecule has 0 spiro atoms. The van der Waals surface area contributed by atoms with Crippen LogP contribution < -0.4 is 5.32 Å². The van der Waals surface area contributed by atoms with Crippen molar-refractivity contribution in [3.63, 3.8) is 0 Å². The lowest BCUT2D eigenvalue weighted by molar-refractivity contribution is 0.311. The predicted octanol–water partition coefficient (Wildman–Crippen LogP) is 2.98. The zero-order chi connectivity index (χ0) is 13.5. The van der Waals surface area contributed by atoms with Gasteiger partial charge in [-0.1, -0.05) is 6.92 Å². The summed E-state index contributed by atoms with van der Waals surface area (Å²) in [4.78, 5) is 2.69. The molecule has 0 radical (unpaired) electrons. The second kappa shape index (κ2) is 5.19. The summed E-state index contributed by atoms with van der Waals surface area (Å²) in [6, 6.07) is 5.27. The SMILES string of the molecule is CC1CC1c1ccc(CNCC2CCN(C3CC3)C2)o1. The van der Waals surface area contributed by atoms with E-state index in [-0.39, 0.29) is 0 Å². The molecular weight excluding hydrogens is 248 g/mol. The largest absolute Gasteiger partial charge is 0.464 e. The molecule has 1 aromatic heterocycles. The summed E-state index contributed by atoms with van der Waals surface area (Å²) in [5.41, 5.74) is 0. The number of hydrogen-bond acceptors (Lipinski definition) is 3. The second-order valence-corrected chi connectivity index (χ2v) is 7.14. The van der Waals surface area contributed by atoms with Crippen LogP contribution in [0.2, 0.25) is 0 Å². The van der Waals surface area contributed by atoms with Crippen LogP contribution in [0.15, 0.2) is 16.5 Å². The highest BCUT2D eigenvalue weighted by atomic mass is 16.3. The first-order valence-electron chi connectivity index (χ1n) is 8.33. The molecule has 1 aliphatic heterocycles. The highest BCUT2D eigenvalue weighted by molar-refractivity contribution is 5.17. The number of likely N-dealkylation sites (tertiary alicyclic amines) is 1. The highest BCUT2D eigenvalue weighted by Crippen LogP contribution is 2.47. The Morgan fingerprint density at radius 3 is 2.90 bits per heavy atom. The Hall–Kier alpha value is -0.800. The molecule has 3 unspecified atom stereocenters. The van der Waals surface area contributed by atoms with Crippen LogP contribution in [0.1, 0.15) is 50.0 Å². The van der Waals surface area contributed by atoms with Crippen LogP contribution in [0.3, 0.4) is 0 Å². The maximum Gasteiger partial charge on any atom is 0.117 e. The molecule has 2 heterocycles. The molecule has 110 valence electrons. The summed E-state index contributed by atoms with van der Waals surface area (Å²) < 4.78 is 5.94. The van der Waals surface area contributed by atoms with Crippen LogP contribution in [0.25, 0.3) is 0 Å².